The topological polar surface area (TPSA) is 50.8 Å². The molecule has 0 spiro atoms. The molecule has 0 saturated carbocycles. The molecular weight excluding hydrogens is 388 g/mol. The Hall–Kier alpha value is -2.53. The normalized spacial score (nSPS) is 17.2. The van der Waals surface area contributed by atoms with Gasteiger partial charge in [0.2, 0.25) is 5.91 Å². The van der Waals surface area contributed by atoms with Gasteiger partial charge in [0.1, 0.15) is 0 Å². The number of benzene rings is 2. The molecule has 0 unspecified atom stereocenters. The van der Waals surface area contributed by atoms with E-state index in [1.807, 2.05) is 0 Å². The molecule has 2 aromatic carbocycles. The first-order chi connectivity index (χ1) is 14.8. The lowest BCUT2D eigenvalue weighted by molar-refractivity contribution is -0.122. The summed E-state index contributed by atoms with van der Waals surface area (Å²) < 4.78 is 11.1. The van der Waals surface area contributed by atoms with Crippen LogP contribution in [0.2, 0.25) is 0 Å². The van der Waals surface area contributed by atoms with E-state index in [2.05, 4.69) is 74.3 Å². The summed E-state index contributed by atoms with van der Waals surface area (Å²) in [6.45, 7) is 10.1. The zero-order chi connectivity index (χ0) is 22.5. The highest BCUT2D eigenvalue weighted by atomic mass is 16.5. The molecule has 31 heavy (non-hydrogen) atoms. The van der Waals surface area contributed by atoms with Crippen LogP contribution in [0.1, 0.15) is 55.5 Å². The number of amides is 1. The summed E-state index contributed by atoms with van der Waals surface area (Å²) in [4.78, 5) is 15.1. The molecule has 168 valence electrons. The van der Waals surface area contributed by atoms with E-state index in [9.17, 15) is 4.79 Å². The molecule has 5 heteroatoms. The van der Waals surface area contributed by atoms with E-state index in [0.717, 1.165) is 31.0 Å². The SMILES string of the molecule is COc1cc2c(cc1OC)[C@@H]([C@H](C)NC(=O)CC(C)C)N(Cc1cccc(C)c1)CC2. The number of fused-ring (bicyclic) bond motifs is 1. The summed E-state index contributed by atoms with van der Waals surface area (Å²) in [6.07, 6.45) is 1.47. The molecule has 2 atom stereocenters. The summed E-state index contributed by atoms with van der Waals surface area (Å²) in [6, 6.07) is 12.9. The number of hydrogen-bond donors (Lipinski definition) is 1. The van der Waals surface area contributed by atoms with Gasteiger partial charge in [0.25, 0.3) is 0 Å². The first-order valence-electron chi connectivity index (χ1n) is 11.2. The van der Waals surface area contributed by atoms with Crippen molar-refractivity contribution in [1.29, 1.82) is 0 Å². The number of nitrogens with zero attached hydrogens (tertiary/aromatic N) is 1. The van der Waals surface area contributed by atoms with Crippen LogP contribution in [0.5, 0.6) is 11.5 Å². The fraction of sp³-hybridized carbons (Fsp3) is 0.500. The van der Waals surface area contributed by atoms with Crippen molar-refractivity contribution in [3.05, 3.63) is 58.7 Å². The molecule has 1 N–H and O–H groups in total. The van der Waals surface area contributed by atoms with Gasteiger partial charge in [0.05, 0.1) is 20.3 Å². The average molecular weight is 425 g/mol. The van der Waals surface area contributed by atoms with Crippen molar-refractivity contribution in [2.75, 3.05) is 20.8 Å². The van der Waals surface area contributed by atoms with Crippen LogP contribution in [-0.4, -0.2) is 37.6 Å². The maximum absolute atomic E-state index is 12.6. The summed E-state index contributed by atoms with van der Waals surface area (Å²) in [5.41, 5.74) is 5.01. The van der Waals surface area contributed by atoms with Crippen LogP contribution in [0.3, 0.4) is 0 Å². The molecule has 0 radical (unpaired) electrons. The highest BCUT2D eigenvalue weighted by Crippen LogP contribution is 2.40. The lowest BCUT2D eigenvalue weighted by atomic mass is 9.87. The number of carbonyl (C=O) groups is 1. The molecule has 0 bridgehead atoms. The van der Waals surface area contributed by atoms with Crippen molar-refractivity contribution >= 4 is 5.91 Å². The zero-order valence-electron chi connectivity index (χ0n) is 19.7. The second-order valence-electron chi connectivity index (χ2n) is 9.01. The Morgan fingerprint density at radius 3 is 2.48 bits per heavy atom. The molecule has 0 fully saturated rings. The Kier molecular flexibility index (Phi) is 7.60. The lowest BCUT2D eigenvalue weighted by Crippen LogP contribution is -2.47. The maximum Gasteiger partial charge on any atom is 0.220 e. The monoisotopic (exact) mass is 424 g/mol. The lowest BCUT2D eigenvalue weighted by Gasteiger charge is -2.41. The van der Waals surface area contributed by atoms with Gasteiger partial charge in [-0.05, 0) is 55.0 Å². The quantitative estimate of drug-likeness (QED) is 0.669. The molecule has 3 rings (SSSR count). The van der Waals surface area contributed by atoms with Gasteiger partial charge in [-0.2, -0.15) is 0 Å². The van der Waals surface area contributed by atoms with E-state index in [1.165, 1.54) is 22.3 Å². The number of hydrogen-bond acceptors (Lipinski definition) is 4. The molecule has 0 aromatic heterocycles. The first-order valence-corrected chi connectivity index (χ1v) is 11.2. The van der Waals surface area contributed by atoms with Crippen LogP contribution in [-0.2, 0) is 17.8 Å². The fourth-order valence-corrected chi connectivity index (χ4v) is 4.60. The van der Waals surface area contributed by atoms with Gasteiger partial charge < -0.3 is 14.8 Å². The van der Waals surface area contributed by atoms with Crippen molar-refractivity contribution in [3.63, 3.8) is 0 Å². The summed E-state index contributed by atoms with van der Waals surface area (Å²) in [7, 11) is 3.34. The van der Waals surface area contributed by atoms with Crippen molar-refractivity contribution in [3.8, 4) is 11.5 Å². The van der Waals surface area contributed by atoms with Crippen LogP contribution >= 0.6 is 0 Å². The van der Waals surface area contributed by atoms with Crippen molar-refractivity contribution in [1.82, 2.24) is 10.2 Å². The van der Waals surface area contributed by atoms with E-state index in [1.54, 1.807) is 14.2 Å². The Bertz CT molecular complexity index is 910. The standard InChI is InChI=1S/C26H36N2O3/c1-17(2)12-25(29)27-19(4)26-22-15-24(31-6)23(30-5)14-21(22)10-11-28(26)16-20-9-7-8-18(3)13-20/h7-9,13-15,17,19,26H,10-12,16H2,1-6H3,(H,27,29)/t19-,26+/m0/s1. The zero-order valence-corrected chi connectivity index (χ0v) is 19.7. The number of rotatable bonds is 8. The number of ether oxygens (including phenoxy) is 2. The summed E-state index contributed by atoms with van der Waals surface area (Å²) in [5, 5.41) is 3.26. The third-order valence-electron chi connectivity index (χ3n) is 5.95. The van der Waals surface area contributed by atoms with Crippen LogP contribution < -0.4 is 14.8 Å². The van der Waals surface area contributed by atoms with E-state index in [-0.39, 0.29) is 18.0 Å². The molecule has 1 heterocycles. The molecule has 5 nitrogen and oxygen atoms in total. The average Bonchev–Trinajstić information content (AvgIpc) is 2.71. The van der Waals surface area contributed by atoms with Crippen molar-refractivity contribution < 1.29 is 14.3 Å². The number of nitrogens with one attached hydrogen (secondary N) is 1. The van der Waals surface area contributed by atoms with Gasteiger partial charge in [-0.15, -0.1) is 0 Å². The second-order valence-corrected chi connectivity index (χ2v) is 9.01. The van der Waals surface area contributed by atoms with E-state index in [0.29, 0.717) is 12.3 Å². The van der Waals surface area contributed by atoms with Gasteiger partial charge in [0.15, 0.2) is 11.5 Å². The molecule has 1 aliphatic rings. The third kappa shape index (κ3) is 5.59. The first kappa shape index (κ1) is 23.1. The molecule has 0 aliphatic carbocycles. The van der Waals surface area contributed by atoms with Crippen LogP contribution in [0.4, 0.5) is 0 Å². The minimum atomic E-state index is -0.0341. The van der Waals surface area contributed by atoms with Gasteiger partial charge in [-0.25, -0.2) is 0 Å². The van der Waals surface area contributed by atoms with Gasteiger partial charge in [-0.1, -0.05) is 43.7 Å². The maximum atomic E-state index is 12.6. The number of aryl methyl sites for hydroxylation is 1. The van der Waals surface area contributed by atoms with Crippen LogP contribution in [0.15, 0.2) is 36.4 Å². The predicted octanol–water partition coefficient (Wildman–Crippen LogP) is 4.66. The predicted molar refractivity (Wildman–Crippen MR) is 125 cm³/mol. The summed E-state index contributed by atoms with van der Waals surface area (Å²) >= 11 is 0. The molecule has 0 saturated heterocycles. The highest BCUT2D eigenvalue weighted by molar-refractivity contribution is 5.76. The van der Waals surface area contributed by atoms with E-state index < -0.39 is 0 Å². The largest absolute Gasteiger partial charge is 0.493 e. The minimum Gasteiger partial charge on any atom is -0.493 e. The highest BCUT2D eigenvalue weighted by Gasteiger charge is 2.33. The smallest absolute Gasteiger partial charge is 0.220 e. The Morgan fingerprint density at radius 2 is 1.84 bits per heavy atom. The van der Waals surface area contributed by atoms with Crippen molar-refractivity contribution in [2.45, 2.75) is 59.2 Å². The van der Waals surface area contributed by atoms with Gasteiger partial charge >= 0.3 is 0 Å². The minimum absolute atomic E-state index is 0.0341. The number of carbonyl (C=O) groups excluding carboxylic acids is 1. The van der Waals surface area contributed by atoms with E-state index >= 15 is 0 Å². The fourth-order valence-electron chi connectivity index (χ4n) is 4.60. The number of methoxy groups -OCH3 is 2. The Morgan fingerprint density at radius 1 is 1.13 bits per heavy atom. The molecule has 2 aromatic rings. The van der Waals surface area contributed by atoms with Crippen LogP contribution in [0.25, 0.3) is 0 Å². The van der Waals surface area contributed by atoms with Crippen molar-refractivity contribution in [2.24, 2.45) is 5.92 Å². The molecular formula is C26H36N2O3. The second kappa shape index (κ2) is 10.2. The Labute approximate surface area is 186 Å². The molecule has 1 amide bonds. The van der Waals surface area contributed by atoms with Gasteiger partial charge in [0, 0.05) is 25.6 Å². The van der Waals surface area contributed by atoms with Gasteiger partial charge in [-0.3, -0.25) is 9.69 Å². The van der Waals surface area contributed by atoms with E-state index in [4.69, 9.17) is 9.47 Å². The Balaban J connectivity index is 1.96. The summed E-state index contributed by atoms with van der Waals surface area (Å²) in [5.74, 6) is 1.91. The van der Waals surface area contributed by atoms with Crippen LogP contribution in [0, 0.1) is 12.8 Å². The molecule has 1 aliphatic heterocycles. The third-order valence-corrected chi connectivity index (χ3v) is 5.95.